The highest BCUT2D eigenvalue weighted by molar-refractivity contribution is 5.70. The van der Waals surface area contributed by atoms with Gasteiger partial charge in [-0.1, -0.05) is 23.7 Å². The molecule has 0 spiro atoms. The lowest BCUT2D eigenvalue weighted by molar-refractivity contribution is -0.305. The van der Waals surface area contributed by atoms with Crippen molar-refractivity contribution in [2.45, 2.75) is 117 Å². The molecule has 0 bridgehead atoms. The molecule has 10 atom stereocenters. The minimum atomic E-state index is -1.40. The Balaban J connectivity index is 1.73. The van der Waals surface area contributed by atoms with Crippen molar-refractivity contribution < 1.29 is 95.2 Å². The molecule has 2 saturated heterocycles. The molecule has 2 aliphatic heterocycles. The van der Waals surface area contributed by atoms with Crippen LogP contribution in [0.15, 0.2) is 24.3 Å². The number of esters is 8. The third-order valence-corrected chi connectivity index (χ3v) is 7.89. The van der Waals surface area contributed by atoms with E-state index in [9.17, 15) is 38.4 Å². The van der Waals surface area contributed by atoms with Crippen LogP contribution in [0.25, 0.3) is 0 Å². The first-order valence-electron chi connectivity index (χ1n) is 18.3. The van der Waals surface area contributed by atoms with Crippen molar-refractivity contribution in [2.75, 3.05) is 26.4 Å². The van der Waals surface area contributed by atoms with Gasteiger partial charge in [-0.05, 0) is 24.3 Å². The van der Waals surface area contributed by atoms with E-state index in [2.05, 4.69) is 23.7 Å². The molecule has 2 heterocycles. The van der Waals surface area contributed by atoms with Gasteiger partial charge in [-0.25, -0.2) is 0 Å². The smallest absolute Gasteiger partial charge is 0.303 e. The van der Waals surface area contributed by atoms with Gasteiger partial charge in [-0.2, -0.15) is 0 Å². The molecule has 0 radical (unpaired) electrons. The maximum absolute atomic E-state index is 12.0. The van der Waals surface area contributed by atoms with Crippen molar-refractivity contribution in [3.8, 4) is 23.7 Å². The zero-order valence-corrected chi connectivity index (χ0v) is 34.1. The quantitative estimate of drug-likeness (QED) is 0.141. The molecule has 0 amide bonds. The fourth-order valence-corrected chi connectivity index (χ4v) is 5.81. The molecule has 1 aromatic carbocycles. The zero-order chi connectivity index (χ0) is 44.5. The van der Waals surface area contributed by atoms with Gasteiger partial charge in [0.15, 0.2) is 49.2 Å². The first-order chi connectivity index (χ1) is 28.3. The Morgan fingerprint density at radius 2 is 0.717 bits per heavy atom. The standard InChI is InChI=1S/C40H46O20/c1-21(41)51-19-31-33(53-23(3)43)35(55-25(5)45)37(57-27(7)47)39(59-31)49-17-9-11-29-13-15-30(16-14-29)12-10-18-50-40-38(58-28(8)48)36(56-26(6)46)34(54-24(4)44)32(60-40)20-52-22(2)42/h13-16,31-40H,17-20H2,1-8H3/t31-,32-,33-,34-,35+,36+,37-,38-,39+,40+/m1/s1. The van der Waals surface area contributed by atoms with E-state index in [0.29, 0.717) is 11.1 Å². The molecule has 0 unspecified atom stereocenters. The number of carbonyl (C=O) groups is 8. The molecule has 2 fully saturated rings. The lowest BCUT2D eigenvalue weighted by atomic mass is 9.98. The first-order valence-corrected chi connectivity index (χ1v) is 18.3. The van der Waals surface area contributed by atoms with Crippen molar-refractivity contribution in [3.05, 3.63) is 35.4 Å². The summed E-state index contributed by atoms with van der Waals surface area (Å²) in [5.41, 5.74) is 1.08. The molecule has 0 aliphatic carbocycles. The third kappa shape index (κ3) is 15.9. The molecule has 0 aromatic heterocycles. The van der Waals surface area contributed by atoms with Crippen molar-refractivity contribution in [1.82, 2.24) is 0 Å². The van der Waals surface area contributed by atoms with E-state index in [-0.39, 0.29) is 13.2 Å². The second-order valence-corrected chi connectivity index (χ2v) is 12.9. The highest BCUT2D eigenvalue weighted by Crippen LogP contribution is 2.31. The van der Waals surface area contributed by atoms with E-state index in [1.165, 1.54) is 0 Å². The fourth-order valence-electron chi connectivity index (χ4n) is 5.81. The highest BCUT2D eigenvalue weighted by Gasteiger charge is 2.54. The number of hydrogen-bond acceptors (Lipinski definition) is 20. The number of rotatable bonds is 14. The summed E-state index contributed by atoms with van der Waals surface area (Å²) in [6, 6.07) is 6.63. The molecule has 326 valence electrons. The summed E-state index contributed by atoms with van der Waals surface area (Å²) < 4.78 is 65.7. The minimum Gasteiger partial charge on any atom is -0.463 e. The zero-order valence-electron chi connectivity index (χ0n) is 34.1. The summed E-state index contributed by atoms with van der Waals surface area (Å²) in [7, 11) is 0. The third-order valence-electron chi connectivity index (χ3n) is 7.89. The Bertz CT molecular complexity index is 1720. The normalized spacial score (nSPS) is 25.5. The predicted octanol–water partition coefficient (Wildman–Crippen LogP) is 0.589. The van der Waals surface area contributed by atoms with E-state index in [1.54, 1.807) is 24.3 Å². The average molecular weight is 847 g/mol. The Labute approximate surface area is 344 Å². The second-order valence-electron chi connectivity index (χ2n) is 12.9. The van der Waals surface area contributed by atoms with Crippen LogP contribution < -0.4 is 0 Å². The van der Waals surface area contributed by atoms with E-state index in [1.807, 2.05) is 0 Å². The summed E-state index contributed by atoms with van der Waals surface area (Å²) in [5, 5.41) is 0. The maximum Gasteiger partial charge on any atom is 0.303 e. The molecule has 20 heteroatoms. The van der Waals surface area contributed by atoms with E-state index in [0.717, 1.165) is 55.4 Å². The molecule has 20 nitrogen and oxygen atoms in total. The van der Waals surface area contributed by atoms with Crippen LogP contribution in [0.2, 0.25) is 0 Å². The van der Waals surface area contributed by atoms with Gasteiger partial charge < -0.3 is 56.8 Å². The molecule has 60 heavy (non-hydrogen) atoms. The second kappa shape index (κ2) is 23.5. The minimum absolute atomic E-state index is 0.286. The van der Waals surface area contributed by atoms with Crippen LogP contribution in [0.1, 0.15) is 66.5 Å². The number of hydrogen-bond donors (Lipinski definition) is 0. The van der Waals surface area contributed by atoms with Crippen LogP contribution in [0.3, 0.4) is 0 Å². The SMILES string of the molecule is CC(=O)OC[C@H]1O[C@H](OCC#Cc2ccc(C#CCO[C@H]3O[C@H](COC(C)=O)[C@@H](OC(C)=O)[C@H](OC(C)=O)[C@H]3OC(C)=O)cc2)[C@H](OC(C)=O)[C@@H](OC(C)=O)[C@@H]1OC(C)=O. The lowest BCUT2D eigenvalue weighted by Crippen LogP contribution is -2.63. The molecule has 0 N–H and O–H groups in total. The Hall–Kier alpha value is -6.06. The molecular formula is C40H46O20. The van der Waals surface area contributed by atoms with Crippen molar-refractivity contribution in [3.63, 3.8) is 0 Å². The molecule has 1 aromatic rings. The Morgan fingerprint density at radius 1 is 0.433 bits per heavy atom. The van der Waals surface area contributed by atoms with Gasteiger partial charge in [0, 0.05) is 66.5 Å². The van der Waals surface area contributed by atoms with Gasteiger partial charge in [0.25, 0.3) is 0 Å². The number of benzene rings is 1. The summed E-state index contributed by atoms with van der Waals surface area (Å²) >= 11 is 0. The topological polar surface area (TPSA) is 247 Å². The van der Waals surface area contributed by atoms with Gasteiger partial charge in [0.1, 0.15) is 38.6 Å². The molecular weight excluding hydrogens is 800 g/mol. The van der Waals surface area contributed by atoms with E-state index >= 15 is 0 Å². The van der Waals surface area contributed by atoms with E-state index in [4.69, 9.17) is 56.8 Å². The molecule has 2 aliphatic rings. The van der Waals surface area contributed by atoms with Gasteiger partial charge in [-0.15, -0.1) is 0 Å². The summed E-state index contributed by atoms with van der Waals surface area (Å²) in [5.74, 6) is 5.37. The number of ether oxygens (including phenoxy) is 12. The Kier molecular flexibility index (Phi) is 18.9. The summed E-state index contributed by atoms with van der Waals surface area (Å²) in [6.45, 7) is 7.55. The van der Waals surface area contributed by atoms with Crippen LogP contribution in [0.5, 0.6) is 0 Å². The van der Waals surface area contributed by atoms with Gasteiger partial charge in [0.2, 0.25) is 0 Å². The fraction of sp³-hybridized carbons (Fsp3) is 0.550. The maximum atomic E-state index is 12.0. The summed E-state index contributed by atoms with van der Waals surface area (Å²) in [4.78, 5) is 95.1. The van der Waals surface area contributed by atoms with Crippen LogP contribution in [0.4, 0.5) is 0 Å². The molecule has 3 rings (SSSR count). The van der Waals surface area contributed by atoms with Gasteiger partial charge in [0.05, 0.1) is 0 Å². The van der Waals surface area contributed by atoms with Gasteiger partial charge >= 0.3 is 47.8 Å². The van der Waals surface area contributed by atoms with Crippen LogP contribution in [-0.2, 0) is 95.2 Å². The van der Waals surface area contributed by atoms with Crippen LogP contribution >= 0.6 is 0 Å². The van der Waals surface area contributed by atoms with Crippen LogP contribution in [-0.4, -0.2) is 136 Å². The number of carbonyl (C=O) groups excluding carboxylic acids is 8. The van der Waals surface area contributed by atoms with Gasteiger partial charge in [-0.3, -0.25) is 38.4 Å². The summed E-state index contributed by atoms with van der Waals surface area (Å²) in [6.07, 6.45) is -13.4. The average Bonchev–Trinajstić information content (AvgIpc) is 3.14. The Morgan fingerprint density at radius 3 is 1.00 bits per heavy atom. The largest absolute Gasteiger partial charge is 0.463 e. The first kappa shape index (κ1) is 48.3. The van der Waals surface area contributed by atoms with Crippen LogP contribution in [0, 0.1) is 23.7 Å². The predicted molar refractivity (Wildman–Crippen MR) is 196 cm³/mol. The lowest BCUT2D eigenvalue weighted by Gasteiger charge is -2.43. The van der Waals surface area contributed by atoms with Crippen molar-refractivity contribution in [2.24, 2.45) is 0 Å². The monoisotopic (exact) mass is 846 g/mol. The van der Waals surface area contributed by atoms with Crippen molar-refractivity contribution in [1.29, 1.82) is 0 Å². The molecule has 0 saturated carbocycles. The van der Waals surface area contributed by atoms with Crippen molar-refractivity contribution >= 4 is 47.8 Å². The highest BCUT2D eigenvalue weighted by atomic mass is 16.7. The van der Waals surface area contributed by atoms with E-state index < -0.39 is 122 Å².